The number of hydrogen-bond donors (Lipinski definition) is 2. The van der Waals surface area contributed by atoms with Crippen LogP contribution in [-0.2, 0) is 0 Å². The van der Waals surface area contributed by atoms with Crippen LogP contribution in [0.5, 0.6) is 5.75 Å². The number of aliphatic hydroxyl groups excluding tert-OH is 2. The van der Waals surface area contributed by atoms with E-state index in [1.54, 1.807) is 18.4 Å². The fourth-order valence-electron chi connectivity index (χ4n) is 2.98. The van der Waals surface area contributed by atoms with E-state index < -0.39 is 12.2 Å². The Balaban J connectivity index is 1.57. The second-order valence-corrected chi connectivity index (χ2v) is 7.16. The van der Waals surface area contributed by atoms with Crippen LogP contribution >= 0.6 is 11.3 Å². The Hall–Kier alpha value is -2.22. The zero-order valence-corrected chi connectivity index (χ0v) is 14.6. The molecule has 1 aliphatic heterocycles. The van der Waals surface area contributed by atoms with Gasteiger partial charge in [0.15, 0.2) is 0 Å². The highest BCUT2D eigenvalue weighted by Gasteiger charge is 2.26. The molecule has 7 heteroatoms. The SMILES string of the molecule is COc1ccc2nc(-c3ccc(N4CC[C@@H](O)[C@H](O)C4)nc3)sc2c1. The summed E-state index contributed by atoms with van der Waals surface area (Å²) in [5.41, 5.74) is 1.90. The van der Waals surface area contributed by atoms with Crippen molar-refractivity contribution in [3.05, 3.63) is 36.5 Å². The van der Waals surface area contributed by atoms with Crippen LogP contribution in [0, 0.1) is 0 Å². The molecule has 3 aromatic rings. The van der Waals surface area contributed by atoms with Gasteiger partial charge >= 0.3 is 0 Å². The lowest BCUT2D eigenvalue weighted by atomic mass is 10.1. The molecule has 0 aliphatic carbocycles. The van der Waals surface area contributed by atoms with E-state index in [1.807, 2.05) is 41.4 Å². The van der Waals surface area contributed by atoms with Crippen molar-refractivity contribution in [2.24, 2.45) is 0 Å². The first-order valence-corrected chi connectivity index (χ1v) is 8.98. The highest BCUT2D eigenvalue weighted by molar-refractivity contribution is 7.21. The summed E-state index contributed by atoms with van der Waals surface area (Å²) in [6.45, 7) is 1.08. The summed E-state index contributed by atoms with van der Waals surface area (Å²) in [7, 11) is 1.66. The maximum Gasteiger partial charge on any atom is 0.128 e. The van der Waals surface area contributed by atoms with Gasteiger partial charge in [0.2, 0.25) is 0 Å². The van der Waals surface area contributed by atoms with Gasteiger partial charge in [-0.25, -0.2) is 9.97 Å². The third-order valence-electron chi connectivity index (χ3n) is 4.46. The van der Waals surface area contributed by atoms with Crippen molar-refractivity contribution in [2.45, 2.75) is 18.6 Å². The Morgan fingerprint density at radius 2 is 2.08 bits per heavy atom. The van der Waals surface area contributed by atoms with Crippen molar-refractivity contribution >= 4 is 27.4 Å². The van der Waals surface area contributed by atoms with Crippen LogP contribution in [0.4, 0.5) is 5.82 Å². The molecule has 0 radical (unpaired) electrons. The Labute approximate surface area is 149 Å². The van der Waals surface area contributed by atoms with Gasteiger partial charge in [0, 0.05) is 24.8 Å². The summed E-state index contributed by atoms with van der Waals surface area (Å²) in [5, 5.41) is 20.4. The van der Waals surface area contributed by atoms with Crippen molar-refractivity contribution in [1.29, 1.82) is 0 Å². The molecule has 0 spiro atoms. The minimum Gasteiger partial charge on any atom is -0.497 e. The molecule has 1 aromatic carbocycles. The molecule has 0 bridgehead atoms. The number of methoxy groups -OCH3 is 1. The van der Waals surface area contributed by atoms with E-state index in [0.717, 1.165) is 32.4 Å². The normalized spacial score (nSPS) is 20.8. The maximum atomic E-state index is 9.83. The lowest BCUT2D eigenvalue weighted by Gasteiger charge is -2.34. The summed E-state index contributed by atoms with van der Waals surface area (Å²) in [4.78, 5) is 11.2. The Bertz CT molecular complexity index is 881. The monoisotopic (exact) mass is 357 g/mol. The average Bonchev–Trinajstić information content (AvgIpc) is 3.07. The third-order valence-corrected chi connectivity index (χ3v) is 5.53. The van der Waals surface area contributed by atoms with Crippen LogP contribution in [0.3, 0.4) is 0 Å². The van der Waals surface area contributed by atoms with Crippen molar-refractivity contribution in [3.8, 4) is 16.3 Å². The molecule has 6 nitrogen and oxygen atoms in total. The number of aromatic nitrogens is 2. The Kier molecular flexibility index (Phi) is 4.29. The number of anilines is 1. The largest absolute Gasteiger partial charge is 0.497 e. The minimum atomic E-state index is -0.727. The molecule has 2 atom stereocenters. The number of aliphatic hydroxyl groups is 2. The Morgan fingerprint density at radius 3 is 2.80 bits per heavy atom. The van der Waals surface area contributed by atoms with Gasteiger partial charge in [0.05, 0.1) is 29.5 Å². The van der Waals surface area contributed by atoms with Gasteiger partial charge in [0.25, 0.3) is 0 Å². The van der Waals surface area contributed by atoms with Crippen LogP contribution in [-0.4, -0.2) is 52.6 Å². The van der Waals surface area contributed by atoms with E-state index in [-0.39, 0.29) is 0 Å². The van der Waals surface area contributed by atoms with E-state index in [9.17, 15) is 10.2 Å². The van der Waals surface area contributed by atoms with Crippen LogP contribution < -0.4 is 9.64 Å². The molecule has 1 aliphatic rings. The van der Waals surface area contributed by atoms with Gasteiger partial charge in [-0.2, -0.15) is 0 Å². The minimum absolute atomic E-state index is 0.397. The van der Waals surface area contributed by atoms with Gasteiger partial charge in [-0.15, -0.1) is 11.3 Å². The molecular formula is C18H19N3O3S. The molecule has 25 heavy (non-hydrogen) atoms. The molecular weight excluding hydrogens is 338 g/mol. The molecule has 2 aromatic heterocycles. The second-order valence-electron chi connectivity index (χ2n) is 6.13. The Morgan fingerprint density at radius 1 is 1.20 bits per heavy atom. The topological polar surface area (TPSA) is 78.7 Å². The first kappa shape index (κ1) is 16.3. The number of fused-ring (bicyclic) bond motifs is 1. The standard InChI is InChI=1S/C18H19N3O3S/c1-24-12-3-4-13-16(8-12)25-18(20-13)11-2-5-17(19-9-11)21-7-6-14(22)15(23)10-21/h2-5,8-9,14-15,22-23H,6-7,10H2,1H3/t14-,15-/m1/s1. The highest BCUT2D eigenvalue weighted by Crippen LogP contribution is 2.32. The molecule has 2 N–H and O–H groups in total. The first-order valence-electron chi connectivity index (χ1n) is 8.16. The fourth-order valence-corrected chi connectivity index (χ4v) is 3.97. The number of piperidine rings is 1. The average molecular weight is 357 g/mol. The number of nitrogens with zero attached hydrogens (tertiary/aromatic N) is 3. The second kappa shape index (κ2) is 6.59. The van der Waals surface area contributed by atoms with E-state index in [2.05, 4.69) is 9.97 Å². The van der Waals surface area contributed by atoms with E-state index in [4.69, 9.17) is 4.74 Å². The summed E-state index contributed by atoms with van der Waals surface area (Å²) in [6.07, 6.45) is 0.983. The fraction of sp³-hybridized carbons (Fsp3) is 0.333. The zero-order chi connectivity index (χ0) is 17.4. The van der Waals surface area contributed by atoms with E-state index in [0.29, 0.717) is 19.5 Å². The number of β-amino-alcohol motifs (C(OH)–C–C–N with tert-alkyl or cyclic N) is 1. The zero-order valence-electron chi connectivity index (χ0n) is 13.8. The van der Waals surface area contributed by atoms with Gasteiger partial charge in [0.1, 0.15) is 16.6 Å². The molecule has 1 saturated heterocycles. The highest BCUT2D eigenvalue weighted by atomic mass is 32.1. The summed E-state index contributed by atoms with van der Waals surface area (Å²) in [5.74, 6) is 1.62. The maximum absolute atomic E-state index is 9.83. The molecule has 0 amide bonds. The smallest absolute Gasteiger partial charge is 0.128 e. The van der Waals surface area contributed by atoms with Gasteiger partial charge < -0.3 is 19.8 Å². The predicted octanol–water partition coefficient (Wildman–Crippen LogP) is 2.30. The van der Waals surface area contributed by atoms with Gasteiger partial charge in [-0.05, 0) is 36.8 Å². The van der Waals surface area contributed by atoms with E-state index >= 15 is 0 Å². The molecule has 4 rings (SSSR count). The first-order chi connectivity index (χ1) is 12.1. The van der Waals surface area contributed by atoms with Crippen molar-refractivity contribution in [2.75, 3.05) is 25.1 Å². The summed E-state index contributed by atoms with van der Waals surface area (Å²) in [6, 6.07) is 9.78. The van der Waals surface area contributed by atoms with Crippen LogP contribution in [0.25, 0.3) is 20.8 Å². The number of hydrogen-bond acceptors (Lipinski definition) is 7. The predicted molar refractivity (Wildman–Crippen MR) is 98.2 cm³/mol. The number of benzene rings is 1. The van der Waals surface area contributed by atoms with Crippen LogP contribution in [0.15, 0.2) is 36.5 Å². The van der Waals surface area contributed by atoms with Gasteiger partial charge in [-0.3, -0.25) is 0 Å². The molecule has 0 unspecified atom stereocenters. The lowest BCUT2D eigenvalue weighted by molar-refractivity contribution is 0.00786. The summed E-state index contributed by atoms with van der Waals surface area (Å²) < 4.78 is 6.33. The number of thiazole rings is 1. The summed E-state index contributed by atoms with van der Waals surface area (Å²) >= 11 is 1.60. The van der Waals surface area contributed by atoms with Gasteiger partial charge in [-0.1, -0.05) is 0 Å². The molecule has 1 fully saturated rings. The number of rotatable bonds is 3. The van der Waals surface area contributed by atoms with E-state index in [1.165, 1.54) is 0 Å². The van der Waals surface area contributed by atoms with Crippen molar-refractivity contribution in [1.82, 2.24) is 9.97 Å². The third kappa shape index (κ3) is 3.18. The quantitative estimate of drug-likeness (QED) is 0.749. The number of pyridine rings is 1. The lowest BCUT2D eigenvalue weighted by Crippen LogP contribution is -2.46. The number of ether oxygens (including phenoxy) is 1. The van der Waals surface area contributed by atoms with Crippen LogP contribution in [0.2, 0.25) is 0 Å². The molecule has 130 valence electrons. The molecule has 3 heterocycles. The molecule has 0 saturated carbocycles. The van der Waals surface area contributed by atoms with Crippen LogP contribution in [0.1, 0.15) is 6.42 Å². The van der Waals surface area contributed by atoms with Crippen molar-refractivity contribution < 1.29 is 14.9 Å². The van der Waals surface area contributed by atoms with Crippen molar-refractivity contribution in [3.63, 3.8) is 0 Å².